The van der Waals surface area contributed by atoms with Crippen LogP contribution in [0.3, 0.4) is 0 Å². The van der Waals surface area contributed by atoms with Gasteiger partial charge in [0.15, 0.2) is 5.65 Å². The molecule has 166 valence electrons. The minimum Gasteiger partial charge on any atom is -0.355 e. The van der Waals surface area contributed by atoms with E-state index in [1.54, 1.807) is 12.5 Å². The van der Waals surface area contributed by atoms with Crippen LogP contribution in [0.5, 0.6) is 0 Å². The summed E-state index contributed by atoms with van der Waals surface area (Å²) in [5.41, 5.74) is 9.45. The summed E-state index contributed by atoms with van der Waals surface area (Å²) in [4.78, 5) is 30.5. The molecule has 0 unspecified atom stereocenters. The van der Waals surface area contributed by atoms with Crippen molar-refractivity contribution < 1.29 is 17.1 Å². The average molecular weight is 486 g/mol. The number of hydrogen-bond acceptors (Lipinski definition) is 5. The molecule has 2 aliphatic heterocycles. The van der Waals surface area contributed by atoms with Gasteiger partial charge in [0, 0.05) is 39.1 Å². The van der Waals surface area contributed by atoms with Gasteiger partial charge in [0.25, 0.3) is 0 Å². The Hall–Kier alpha value is -4.33. The summed E-state index contributed by atoms with van der Waals surface area (Å²) in [5, 5.41) is 0. The van der Waals surface area contributed by atoms with E-state index < -0.39 is 0 Å². The van der Waals surface area contributed by atoms with Gasteiger partial charge in [-0.1, -0.05) is 0 Å². The Morgan fingerprint density at radius 1 is 0.588 bits per heavy atom. The Balaban J connectivity index is 0.000000203. The van der Waals surface area contributed by atoms with Crippen molar-refractivity contribution in [3.05, 3.63) is 90.2 Å². The first-order valence-electron chi connectivity index (χ1n) is 10.4. The van der Waals surface area contributed by atoms with Gasteiger partial charge in [0.05, 0.1) is 35.3 Å². The second kappa shape index (κ2) is 9.27. The maximum atomic E-state index is 4.62. The van der Waals surface area contributed by atoms with Crippen molar-refractivity contribution in [2.24, 2.45) is 0 Å². The maximum absolute atomic E-state index is 4.62. The third-order valence-electron chi connectivity index (χ3n) is 5.14. The fourth-order valence-electron chi connectivity index (χ4n) is 3.63. The van der Waals surface area contributed by atoms with E-state index in [-0.39, 0.29) is 17.1 Å². The van der Waals surface area contributed by atoms with Crippen molar-refractivity contribution in [1.29, 1.82) is 0 Å². The molecular formula is C25H18FeN8. The van der Waals surface area contributed by atoms with Gasteiger partial charge in [-0.2, -0.15) is 0 Å². The monoisotopic (exact) mass is 486 g/mol. The number of imidazole rings is 1. The van der Waals surface area contributed by atoms with Crippen molar-refractivity contribution in [2.45, 2.75) is 0 Å². The standard InChI is InChI=1S/C20H14N4.C5H4N4.Fe/c1-2-14-10-16-5-6-18(23-16)12-20-8-7-19(24-20)11-17-4-3-15(22-17)9-13(1)21-14;1-4-5(8-2-6-1)9-3-7-4;/h1-12,21-22H;1-3H,(H,6,7,8,9);. The van der Waals surface area contributed by atoms with Gasteiger partial charge in [-0.05, 0) is 72.8 Å². The van der Waals surface area contributed by atoms with E-state index in [0.717, 1.165) is 50.4 Å². The summed E-state index contributed by atoms with van der Waals surface area (Å²) in [6.07, 6.45) is 12.8. The van der Waals surface area contributed by atoms with E-state index in [2.05, 4.69) is 70.2 Å². The number of H-pyrrole nitrogens is 3. The molecule has 34 heavy (non-hydrogen) atoms. The molecule has 5 aromatic rings. The van der Waals surface area contributed by atoms with Crippen molar-refractivity contribution in [3.63, 3.8) is 0 Å². The van der Waals surface area contributed by atoms with Crippen molar-refractivity contribution in [2.75, 3.05) is 0 Å². The van der Waals surface area contributed by atoms with Gasteiger partial charge in [-0.3, -0.25) is 0 Å². The number of rotatable bonds is 0. The SMILES string of the molecule is C1=Cc2cc3ccc(cc4ccc(cc5nc(cc1n2)C=C5)[nH]4)[nH]3.[Fe].c1ncc2[nH]cnc2n1. The normalized spacial score (nSPS) is 11.6. The van der Waals surface area contributed by atoms with Crippen LogP contribution in [0.25, 0.3) is 57.5 Å². The van der Waals surface area contributed by atoms with Crippen LogP contribution < -0.4 is 0 Å². The van der Waals surface area contributed by atoms with Crippen molar-refractivity contribution >= 4 is 57.5 Å². The molecule has 0 saturated heterocycles. The maximum Gasteiger partial charge on any atom is 0.180 e. The van der Waals surface area contributed by atoms with Crippen molar-refractivity contribution in [3.8, 4) is 0 Å². The molecular weight excluding hydrogens is 468 g/mol. The second-order valence-corrected chi connectivity index (χ2v) is 7.57. The van der Waals surface area contributed by atoms with Crippen LogP contribution in [0.2, 0.25) is 0 Å². The molecule has 3 N–H and O–H groups in total. The van der Waals surface area contributed by atoms with Crippen LogP contribution in [0, 0.1) is 0 Å². The largest absolute Gasteiger partial charge is 0.355 e. The number of aromatic nitrogens is 8. The average Bonchev–Trinajstić information content (AvgIpc) is 3.63. The zero-order chi connectivity index (χ0) is 22.0. The molecule has 0 atom stereocenters. The van der Waals surface area contributed by atoms with Crippen LogP contribution in [0.1, 0.15) is 22.8 Å². The fourth-order valence-corrected chi connectivity index (χ4v) is 3.63. The molecule has 0 amide bonds. The van der Waals surface area contributed by atoms with E-state index in [0.29, 0.717) is 5.65 Å². The van der Waals surface area contributed by atoms with Crippen LogP contribution in [0.4, 0.5) is 0 Å². The molecule has 7 rings (SSSR count). The number of aromatic amines is 3. The summed E-state index contributed by atoms with van der Waals surface area (Å²) in [6, 6.07) is 16.4. The molecule has 5 aromatic heterocycles. The predicted molar refractivity (Wildman–Crippen MR) is 131 cm³/mol. The summed E-state index contributed by atoms with van der Waals surface area (Å²) in [7, 11) is 0. The van der Waals surface area contributed by atoms with E-state index in [1.807, 2.05) is 42.5 Å². The molecule has 8 nitrogen and oxygen atoms in total. The fraction of sp³-hybridized carbons (Fsp3) is 0. The number of nitrogens with zero attached hydrogens (tertiary/aromatic N) is 5. The zero-order valence-electron chi connectivity index (χ0n) is 17.7. The van der Waals surface area contributed by atoms with Gasteiger partial charge in [-0.15, -0.1) is 0 Å². The molecule has 0 aliphatic carbocycles. The first-order chi connectivity index (χ1) is 16.3. The second-order valence-electron chi connectivity index (χ2n) is 7.57. The van der Waals surface area contributed by atoms with Crippen LogP contribution >= 0.6 is 0 Å². The van der Waals surface area contributed by atoms with E-state index in [9.17, 15) is 0 Å². The predicted octanol–water partition coefficient (Wildman–Crippen LogP) is 5.01. The van der Waals surface area contributed by atoms with E-state index in [4.69, 9.17) is 0 Å². The Morgan fingerprint density at radius 3 is 1.68 bits per heavy atom. The minimum atomic E-state index is 0. The number of fused-ring (bicyclic) bond motifs is 9. The molecule has 8 bridgehead atoms. The molecule has 0 saturated carbocycles. The van der Waals surface area contributed by atoms with Crippen LogP contribution in [0.15, 0.2) is 67.4 Å². The topological polar surface area (TPSA) is 112 Å². The molecule has 2 aliphatic rings. The Bertz CT molecular complexity index is 1570. The first kappa shape index (κ1) is 21.5. The van der Waals surface area contributed by atoms with E-state index >= 15 is 0 Å². The summed E-state index contributed by atoms with van der Waals surface area (Å²) >= 11 is 0. The molecule has 0 fully saturated rings. The molecule has 0 spiro atoms. The number of nitrogens with one attached hydrogen (secondary N) is 3. The van der Waals surface area contributed by atoms with Gasteiger partial charge in [0.1, 0.15) is 11.8 Å². The number of hydrogen-bond donors (Lipinski definition) is 3. The van der Waals surface area contributed by atoms with Crippen molar-refractivity contribution in [1.82, 2.24) is 39.9 Å². The van der Waals surface area contributed by atoms with Gasteiger partial charge in [-0.25, -0.2) is 24.9 Å². The zero-order valence-corrected chi connectivity index (χ0v) is 18.9. The van der Waals surface area contributed by atoms with Gasteiger partial charge < -0.3 is 15.0 Å². The molecule has 0 radical (unpaired) electrons. The summed E-state index contributed by atoms with van der Waals surface area (Å²) in [5.74, 6) is 0. The Labute approximate surface area is 204 Å². The first-order valence-corrected chi connectivity index (χ1v) is 10.4. The minimum absolute atomic E-state index is 0. The molecule has 7 heterocycles. The Kier molecular flexibility index (Phi) is 5.86. The molecule has 9 heteroatoms. The molecule has 0 aromatic carbocycles. The summed E-state index contributed by atoms with van der Waals surface area (Å²) in [6.45, 7) is 0. The smallest absolute Gasteiger partial charge is 0.180 e. The van der Waals surface area contributed by atoms with Crippen LogP contribution in [-0.2, 0) is 17.1 Å². The van der Waals surface area contributed by atoms with Gasteiger partial charge in [0.2, 0.25) is 0 Å². The van der Waals surface area contributed by atoms with Gasteiger partial charge >= 0.3 is 0 Å². The Morgan fingerprint density at radius 2 is 1.12 bits per heavy atom. The van der Waals surface area contributed by atoms with E-state index in [1.165, 1.54) is 6.33 Å². The quantitative estimate of drug-likeness (QED) is 0.261. The third kappa shape index (κ3) is 4.71. The summed E-state index contributed by atoms with van der Waals surface area (Å²) < 4.78 is 0. The third-order valence-corrected chi connectivity index (χ3v) is 5.14. The van der Waals surface area contributed by atoms with Crippen LogP contribution in [-0.4, -0.2) is 39.9 Å².